The topological polar surface area (TPSA) is 113 Å². The van der Waals surface area contributed by atoms with Gasteiger partial charge in [-0.05, 0) is 36.2 Å². The number of allylic oxidation sites excluding steroid dienone is 2. The van der Waals surface area contributed by atoms with Gasteiger partial charge in [0.25, 0.3) is 17.5 Å². The van der Waals surface area contributed by atoms with E-state index in [1.54, 1.807) is 0 Å². The molecule has 6 rings (SSSR count). The number of hydrogen-bond acceptors (Lipinski definition) is 6. The third-order valence-corrected chi connectivity index (χ3v) is 6.17. The molecule has 1 aromatic rings. The van der Waals surface area contributed by atoms with E-state index >= 15 is 0 Å². The van der Waals surface area contributed by atoms with Crippen LogP contribution in [-0.4, -0.2) is 33.1 Å². The Kier molecular flexibility index (Phi) is 2.93. The number of imide groups is 1. The molecule has 2 bridgehead atoms. The van der Waals surface area contributed by atoms with E-state index in [-0.39, 0.29) is 52.5 Å². The number of hydrogen-bond donors (Lipinski definition) is 1. The fourth-order valence-electron chi connectivity index (χ4n) is 4.93. The number of rotatable bonds is 3. The monoisotopic (exact) mass is 353 g/mol. The van der Waals surface area contributed by atoms with Gasteiger partial charge in [-0.1, -0.05) is 12.2 Å². The molecule has 1 saturated heterocycles. The lowest BCUT2D eigenvalue weighted by molar-refractivity contribution is -0.384. The second kappa shape index (κ2) is 5.00. The van der Waals surface area contributed by atoms with Gasteiger partial charge in [0.05, 0.1) is 23.0 Å². The van der Waals surface area contributed by atoms with Crippen molar-refractivity contribution in [1.82, 2.24) is 5.01 Å². The SMILES string of the molecule is O=C1[C@H]2[C@@H]3C=C[C@H]([C@H]4C[C@H]34)[C@@H]2C(=O)N1/N=C/c1cc([N+](=O)[O-])ccc1O. The highest BCUT2D eigenvalue weighted by Crippen LogP contribution is 2.65. The van der Waals surface area contributed by atoms with Gasteiger partial charge in [0, 0.05) is 17.7 Å². The maximum atomic E-state index is 12.8. The van der Waals surface area contributed by atoms with Crippen molar-refractivity contribution in [3.63, 3.8) is 0 Å². The Morgan fingerprint density at radius 2 is 1.77 bits per heavy atom. The van der Waals surface area contributed by atoms with Crippen LogP contribution in [0.3, 0.4) is 0 Å². The fourth-order valence-corrected chi connectivity index (χ4v) is 4.93. The minimum Gasteiger partial charge on any atom is -0.507 e. The molecule has 5 aliphatic rings. The second-order valence-electron chi connectivity index (χ2n) is 7.39. The molecule has 1 aromatic carbocycles. The number of nitro benzene ring substituents is 1. The fraction of sp³-hybridized carbons (Fsp3) is 0.389. The Morgan fingerprint density at radius 3 is 2.35 bits per heavy atom. The zero-order valence-electron chi connectivity index (χ0n) is 13.6. The first-order chi connectivity index (χ1) is 12.5. The number of nitro groups is 1. The van der Waals surface area contributed by atoms with E-state index in [1.807, 2.05) is 0 Å². The van der Waals surface area contributed by atoms with Crippen LogP contribution in [0.1, 0.15) is 12.0 Å². The van der Waals surface area contributed by atoms with Crippen LogP contribution >= 0.6 is 0 Å². The number of benzene rings is 1. The highest BCUT2D eigenvalue weighted by molar-refractivity contribution is 6.06. The molecule has 1 N–H and O–H groups in total. The Morgan fingerprint density at radius 1 is 1.15 bits per heavy atom. The molecule has 6 atom stereocenters. The van der Waals surface area contributed by atoms with Crippen LogP contribution in [0.15, 0.2) is 35.5 Å². The molecular weight excluding hydrogens is 338 g/mol. The average molecular weight is 353 g/mol. The molecule has 4 aliphatic carbocycles. The maximum Gasteiger partial charge on any atom is 0.270 e. The minimum atomic E-state index is -0.590. The number of carbonyl (C=O) groups excluding carboxylic acids is 2. The number of phenols is 1. The summed E-state index contributed by atoms with van der Waals surface area (Å²) >= 11 is 0. The summed E-state index contributed by atoms with van der Waals surface area (Å²) in [6, 6.07) is 3.50. The first kappa shape index (κ1) is 15.2. The average Bonchev–Trinajstić information content (AvgIpc) is 3.40. The zero-order chi connectivity index (χ0) is 18.2. The first-order valence-corrected chi connectivity index (χ1v) is 8.55. The van der Waals surface area contributed by atoms with Crippen LogP contribution in [0, 0.1) is 45.6 Å². The van der Waals surface area contributed by atoms with Gasteiger partial charge in [0.1, 0.15) is 5.75 Å². The zero-order valence-corrected chi connectivity index (χ0v) is 13.6. The summed E-state index contributed by atoms with van der Waals surface area (Å²) in [5.74, 6) is -0.305. The highest BCUT2D eigenvalue weighted by atomic mass is 16.6. The van der Waals surface area contributed by atoms with Crippen LogP contribution in [0.4, 0.5) is 5.69 Å². The summed E-state index contributed by atoms with van der Waals surface area (Å²) in [6.07, 6.45) is 6.36. The van der Waals surface area contributed by atoms with Gasteiger partial charge in [0.15, 0.2) is 0 Å². The third-order valence-electron chi connectivity index (χ3n) is 6.17. The molecule has 0 radical (unpaired) electrons. The van der Waals surface area contributed by atoms with Crippen molar-refractivity contribution < 1.29 is 19.6 Å². The molecule has 2 amide bonds. The molecule has 1 aliphatic heterocycles. The Labute approximate surface area is 147 Å². The van der Waals surface area contributed by atoms with Gasteiger partial charge in [-0.3, -0.25) is 19.7 Å². The van der Waals surface area contributed by atoms with Crippen LogP contribution < -0.4 is 0 Å². The predicted molar refractivity (Wildman–Crippen MR) is 88.9 cm³/mol. The van der Waals surface area contributed by atoms with Crippen LogP contribution in [0.2, 0.25) is 0 Å². The van der Waals surface area contributed by atoms with E-state index in [4.69, 9.17) is 0 Å². The summed E-state index contributed by atoms with van der Waals surface area (Å²) in [7, 11) is 0. The minimum absolute atomic E-state index is 0.0821. The summed E-state index contributed by atoms with van der Waals surface area (Å²) in [6.45, 7) is 0. The van der Waals surface area contributed by atoms with E-state index in [1.165, 1.54) is 12.1 Å². The highest BCUT2D eigenvalue weighted by Gasteiger charge is 2.67. The summed E-state index contributed by atoms with van der Waals surface area (Å²) < 4.78 is 0. The van der Waals surface area contributed by atoms with E-state index in [0.717, 1.165) is 23.7 Å². The van der Waals surface area contributed by atoms with Gasteiger partial charge in [-0.15, -0.1) is 0 Å². The normalized spacial score (nSPS) is 36.5. The third kappa shape index (κ3) is 1.92. The molecule has 26 heavy (non-hydrogen) atoms. The van der Waals surface area contributed by atoms with Gasteiger partial charge in [-0.25, -0.2) is 0 Å². The van der Waals surface area contributed by atoms with Crippen molar-refractivity contribution >= 4 is 23.7 Å². The molecule has 0 aromatic heterocycles. The molecule has 0 unspecified atom stereocenters. The van der Waals surface area contributed by atoms with Crippen molar-refractivity contribution in [2.45, 2.75) is 6.42 Å². The number of hydrazone groups is 1. The van der Waals surface area contributed by atoms with Crippen molar-refractivity contribution in [1.29, 1.82) is 0 Å². The lowest BCUT2D eigenvalue weighted by Crippen LogP contribution is -2.40. The number of carbonyl (C=O) groups is 2. The number of phenolic OH excluding ortho intramolecular Hbond substituents is 1. The Balaban J connectivity index is 1.45. The van der Waals surface area contributed by atoms with Crippen molar-refractivity contribution in [2.24, 2.45) is 40.6 Å². The molecule has 2 saturated carbocycles. The molecular formula is C18H15N3O5. The van der Waals surface area contributed by atoms with Crippen LogP contribution in [-0.2, 0) is 9.59 Å². The maximum absolute atomic E-state index is 12.8. The number of amides is 2. The van der Waals surface area contributed by atoms with Crippen molar-refractivity contribution in [3.05, 3.63) is 46.0 Å². The van der Waals surface area contributed by atoms with Gasteiger partial charge in [-0.2, -0.15) is 10.1 Å². The molecule has 0 spiro atoms. The molecule has 8 nitrogen and oxygen atoms in total. The quantitative estimate of drug-likeness (QED) is 0.292. The summed E-state index contributed by atoms with van der Waals surface area (Å²) in [5, 5.41) is 25.6. The van der Waals surface area contributed by atoms with Gasteiger partial charge in [0.2, 0.25) is 0 Å². The largest absolute Gasteiger partial charge is 0.507 e. The van der Waals surface area contributed by atoms with E-state index in [0.29, 0.717) is 11.8 Å². The standard InChI is InChI=1S/C18H15N3O5/c22-14-4-1-9(21(25)26)5-8(14)7-19-20-17(23)15-10-2-3-11(13-6-12(10)13)16(15)18(20)24/h1-5,7,10-13,15-16,22H,6H2/b19-7+/t10-,11-,12-,13-,15+,16+/m1/s1. The number of aromatic hydroxyl groups is 1. The van der Waals surface area contributed by atoms with E-state index in [9.17, 15) is 24.8 Å². The first-order valence-electron chi connectivity index (χ1n) is 8.55. The number of non-ortho nitro benzene ring substituents is 1. The lowest BCUT2D eigenvalue weighted by Gasteiger charge is -2.37. The van der Waals surface area contributed by atoms with Crippen molar-refractivity contribution in [2.75, 3.05) is 0 Å². The van der Waals surface area contributed by atoms with Crippen molar-refractivity contribution in [3.8, 4) is 5.75 Å². The van der Waals surface area contributed by atoms with Crippen LogP contribution in [0.25, 0.3) is 0 Å². The molecule has 132 valence electrons. The summed E-state index contributed by atoms with van der Waals surface area (Å²) in [4.78, 5) is 35.8. The smallest absolute Gasteiger partial charge is 0.270 e. The van der Waals surface area contributed by atoms with Gasteiger partial charge >= 0.3 is 0 Å². The Hall–Kier alpha value is -3.03. The second-order valence-corrected chi connectivity index (χ2v) is 7.39. The van der Waals surface area contributed by atoms with E-state index < -0.39 is 4.92 Å². The Bertz CT molecular complexity index is 887. The molecule has 1 heterocycles. The summed E-state index contributed by atoms with van der Waals surface area (Å²) in [5.41, 5.74) is -0.127. The lowest BCUT2D eigenvalue weighted by atomic mass is 9.63. The van der Waals surface area contributed by atoms with Crippen LogP contribution in [0.5, 0.6) is 5.75 Å². The number of nitrogens with zero attached hydrogens (tertiary/aromatic N) is 3. The molecule has 8 heteroatoms. The van der Waals surface area contributed by atoms with Gasteiger partial charge < -0.3 is 5.11 Å². The molecule has 3 fully saturated rings. The van der Waals surface area contributed by atoms with E-state index in [2.05, 4.69) is 17.3 Å². The predicted octanol–water partition coefficient (Wildman–Crippen LogP) is 1.69.